The van der Waals surface area contributed by atoms with Crippen molar-refractivity contribution in [1.82, 2.24) is 29.6 Å². The fourth-order valence-electron chi connectivity index (χ4n) is 4.06. The molecule has 5 rings (SSSR count). The summed E-state index contributed by atoms with van der Waals surface area (Å²) >= 11 is 3.60. The number of nitrogens with one attached hydrogen (secondary N) is 1. The first-order valence-electron chi connectivity index (χ1n) is 12.0. The molecule has 4 aromatic rings. The zero-order valence-electron chi connectivity index (χ0n) is 20.9. The van der Waals surface area contributed by atoms with Crippen LogP contribution in [0.25, 0.3) is 10.9 Å². The van der Waals surface area contributed by atoms with Gasteiger partial charge in [-0.05, 0) is 60.5 Å². The maximum absolute atomic E-state index is 12.4. The number of amides is 1. The number of rotatable bonds is 6. The number of nitrogens with zero attached hydrogens (tertiary/aromatic N) is 6. The van der Waals surface area contributed by atoms with Crippen LogP contribution in [0.3, 0.4) is 0 Å². The van der Waals surface area contributed by atoms with Gasteiger partial charge in [-0.3, -0.25) is 0 Å². The van der Waals surface area contributed by atoms with Crippen molar-refractivity contribution in [3.05, 3.63) is 65.3 Å². The molecule has 11 heteroatoms. The lowest BCUT2D eigenvalue weighted by Crippen LogP contribution is -2.36. The fraction of sp³-hybridized carbons (Fsp3) is 0.346. The summed E-state index contributed by atoms with van der Waals surface area (Å²) < 4.78 is 14.3. The third-order valence-electron chi connectivity index (χ3n) is 5.72. The Balaban J connectivity index is 1.28. The summed E-state index contributed by atoms with van der Waals surface area (Å²) in [5, 5.41) is 8.32. The van der Waals surface area contributed by atoms with E-state index in [0.29, 0.717) is 31.3 Å². The number of fused-ring (bicyclic) bond motifs is 1. The molecule has 2 aromatic carbocycles. The quantitative estimate of drug-likeness (QED) is 0.341. The summed E-state index contributed by atoms with van der Waals surface area (Å²) in [6.45, 7) is 7.28. The number of hydrogen-bond acceptors (Lipinski definition) is 8. The number of anilines is 2. The van der Waals surface area contributed by atoms with Gasteiger partial charge in [-0.1, -0.05) is 12.1 Å². The van der Waals surface area contributed by atoms with Gasteiger partial charge < -0.3 is 19.7 Å². The molecule has 1 fully saturated rings. The zero-order chi connectivity index (χ0) is 26.0. The van der Waals surface area contributed by atoms with Gasteiger partial charge in [0, 0.05) is 36.3 Å². The molecule has 1 aliphatic heterocycles. The average Bonchev–Trinajstić information content (AvgIpc) is 3.51. The third kappa shape index (κ3) is 6.34. The highest BCUT2D eigenvalue weighted by Crippen LogP contribution is 2.32. The molecule has 37 heavy (non-hydrogen) atoms. The maximum Gasteiger partial charge on any atom is 0.410 e. The monoisotopic (exact) mass is 565 g/mol. The highest BCUT2D eigenvalue weighted by Gasteiger charge is 2.31. The van der Waals surface area contributed by atoms with Gasteiger partial charge in [0.15, 0.2) is 0 Å². The van der Waals surface area contributed by atoms with E-state index in [1.54, 1.807) is 22.1 Å². The predicted octanol–water partition coefficient (Wildman–Crippen LogP) is 5.16. The molecule has 10 nitrogen and oxygen atoms in total. The Hall–Kier alpha value is -3.73. The molecule has 3 heterocycles. The molecule has 1 amide bonds. The van der Waals surface area contributed by atoms with E-state index in [2.05, 4.69) is 36.3 Å². The number of carbonyl (C=O) groups is 1. The Morgan fingerprint density at radius 3 is 2.89 bits per heavy atom. The summed E-state index contributed by atoms with van der Waals surface area (Å²) in [5.41, 5.74) is 2.17. The van der Waals surface area contributed by atoms with Gasteiger partial charge in [0.05, 0.1) is 23.1 Å². The molecule has 0 unspecified atom stereocenters. The van der Waals surface area contributed by atoms with Crippen molar-refractivity contribution in [1.29, 1.82) is 0 Å². The zero-order valence-corrected chi connectivity index (χ0v) is 22.5. The van der Waals surface area contributed by atoms with Crippen LogP contribution in [0.15, 0.2) is 59.7 Å². The highest BCUT2D eigenvalue weighted by molar-refractivity contribution is 9.10. The van der Waals surface area contributed by atoms with E-state index in [4.69, 9.17) is 14.5 Å². The minimum atomic E-state index is -0.526. The Morgan fingerprint density at radius 1 is 1.24 bits per heavy atom. The predicted molar refractivity (Wildman–Crippen MR) is 143 cm³/mol. The van der Waals surface area contributed by atoms with Gasteiger partial charge >= 0.3 is 6.09 Å². The van der Waals surface area contributed by atoms with Crippen LogP contribution in [0.4, 0.5) is 16.4 Å². The van der Waals surface area contributed by atoms with E-state index in [-0.39, 0.29) is 12.2 Å². The van der Waals surface area contributed by atoms with Crippen molar-refractivity contribution in [3.8, 4) is 5.75 Å². The average molecular weight is 566 g/mol. The molecule has 0 spiro atoms. The second-order valence-corrected chi connectivity index (χ2v) is 10.8. The van der Waals surface area contributed by atoms with Crippen molar-refractivity contribution in [2.45, 2.75) is 45.4 Å². The Labute approximate surface area is 223 Å². The number of ether oxygens (including phenoxy) is 2. The fourth-order valence-corrected chi connectivity index (χ4v) is 4.51. The molecule has 1 aliphatic rings. The minimum absolute atomic E-state index is 0.131. The number of halogens is 1. The molecule has 1 saturated heterocycles. The van der Waals surface area contributed by atoms with Crippen molar-refractivity contribution in [2.24, 2.45) is 0 Å². The van der Waals surface area contributed by atoms with E-state index < -0.39 is 5.60 Å². The van der Waals surface area contributed by atoms with Crippen LogP contribution in [-0.2, 0) is 11.3 Å². The van der Waals surface area contributed by atoms with Gasteiger partial charge in [-0.25, -0.2) is 24.4 Å². The van der Waals surface area contributed by atoms with Crippen LogP contribution in [-0.4, -0.2) is 60.5 Å². The highest BCUT2D eigenvalue weighted by atomic mass is 79.9. The van der Waals surface area contributed by atoms with Crippen LogP contribution in [0, 0.1) is 0 Å². The van der Waals surface area contributed by atoms with Crippen molar-refractivity contribution in [3.63, 3.8) is 0 Å². The first-order valence-corrected chi connectivity index (χ1v) is 12.8. The number of likely N-dealkylation sites (tertiary alicyclic amines) is 1. The van der Waals surface area contributed by atoms with E-state index >= 15 is 0 Å². The molecule has 192 valence electrons. The molecule has 1 atom stereocenters. The normalized spacial score (nSPS) is 15.7. The first-order chi connectivity index (χ1) is 17.7. The molecule has 0 aliphatic carbocycles. The maximum atomic E-state index is 12.4. The number of carbonyl (C=O) groups excluding carboxylic acids is 1. The summed E-state index contributed by atoms with van der Waals surface area (Å²) in [7, 11) is 0. The molecule has 2 aromatic heterocycles. The van der Waals surface area contributed by atoms with Crippen LogP contribution >= 0.6 is 15.9 Å². The van der Waals surface area contributed by atoms with Gasteiger partial charge in [0.1, 0.15) is 30.1 Å². The standard InChI is InChI=1S/C26H28BrN7O3/c1-26(2,3)37-25(35)33-8-7-20(14-33)36-23-11-22-18(10-21(23)27)12-29-24(32-22)31-19-6-4-5-17(9-19)13-34-16-28-15-30-34/h4-6,9-12,15-16,20H,7-8,13-14H2,1-3H3,(H,29,31,32)/t20-/m0/s1. The summed E-state index contributed by atoms with van der Waals surface area (Å²) in [6, 6.07) is 11.8. The summed E-state index contributed by atoms with van der Waals surface area (Å²) in [4.78, 5) is 27.2. The first kappa shape index (κ1) is 24.9. The smallest absolute Gasteiger partial charge is 0.410 e. The molecular weight excluding hydrogens is 538 g/mol. The molecule has 0 bridgehead atoms. The van der Waals surface area contributed by atoms with Crippen LogP contribution in [0.2, 0.25) is 0 Å². The lowest BCUT2D eigenvalue weighted by atomic mass is 10.2. The minimum Gasteiger partial charge on any atom is -0.487 e. The van der Waals surface area contributed by atoms with E-state index in [1.807, 2.05) is 57.2 Å². The van der Waals surface area contributed by atoms with Crippen LogP contribution < -0.4 is 10.1 Å². The van der Waals surface area contributed by atoms with Crippen molar-refractivity contribution < 1.29 is 14.3 Å². The number of hydrogen-bond donors (Lipinski definition) is 1. The molecule has 0 saturated carbocycles. The second kappa shape index (κ2) is 10.3. The van der Waals surface area contributed by atoms with E-state index in [1.165, 1.54) is 6.33 Å². The van der Waals surface area contributed by atoms with E-state index in [9.17, 15) is 4.79 Å². The largest absolute Gasteiger partial charge is 0.487 e. The second-order valence-electron chi connectivity index (χ2n) is 9.91. The molecule has 0 radical (unpaired) electrons. The summed E-state index contributed by atoms with van der Waals surface area (Å²) in [5.74, 6) is 1.15. The van der Waals surface area contributed by atoms with Crippen LogP contribution in [0.5, 0.6) is 5.75 Å². The van der Waals surface area contributed by atoms with Crippen LogP contribution in [0.1, 0.15) is 32.8 Å². The molecule has 1 N–H and O–H groups in total. The Bertz CT molecular complexity index is 1410. The Kier molecular flexibility index (Phi) is 6.96. The van der Waals surface area contributed by atoms with Gasteiger partial charge in [0.25, 0.3) is 0 Å². The molecular formula is C26H28BrN7O3. The van der Waals surface area contributed by atoms with E-state index in [0.717, 1.165) is 33.0 Å². The number of aromatic nitrogens is 5. The van der Waals surface area contributed by atoms with Crippen molar-refractivity contribution >= 4 is 44.6 Å². The van der Waals surface area contributed by atoms with Gasteiger partial charge in [-0.15, -0.1) is 0 Å². The Morgan fingerprint density at radius 2 is 2.11 bits per heavy atom. The lowest BCUT2D eigenvalue weighted by molar-refractivity contribution is 0.0275. The SMILES string of the molecule is CC(C)(C)OC(=O)N1CC[C@H](Oc2cc3nc(Nc4cccc(Cn5cncn5)c4)ncc3cc2Br)C1. The van der Waals surface area contributed by atoms with Gasteiger partial charge in [-0.2, -0.15) is 5.10 Å². The topological polar surface area (TPSA) is 107 Å². The number of benzene rings is 2. The van der Waals surface area contributed by atoms with Crippen molar-refractivity contribution in [2.75, 3.05) is 18.4 Å². The van der Waals surface area contributed by atoms with Gasteiger partial charge in [0.2, 0.25) is 5.95 Å². The lowest BCUT2D eigenvalue weighted by Gasteiger charge is -2.24. The third-order valence-corrected chi connectivity index (χ3v) is 6.34. The summed E-state index contributed by atoms with van der Waals surface area (Å²) in [6.07, 6.45) is 5.26.